The molecule has 41 heavy (non-hydrogen) atoms. The minimum absolute atomic E-state index is 0.00697. The number of allylic oxidation sites excluding steroid dienone is 1. The van der Waals surface area contributed by atoms with Crippen LogP contribution in [0, 0.1) is 12.3 Å². The number of anilines is 1. The summed E-state index contributed by atoms with van der Waals surface area (Å²) in [7, 11) is 1.28. The Morgan fingerprint density at radius 1 is 1.24 bits per heavy atom. The zero-order valence-electron chi connectivity index (χ0n) is 22.8. The van der Waals surface area contributed by atoms with Crippen LogP contribution in [0.15, 0.2) is 33.4 Å². The molecule has 0 aromatic carbocycles. The summed E-state index contributed by atoms with van der Waals surface area (Å²) >= 11 is 3.92. The van der Waals surface area contributed by atoms with E-state index < -0.39 is 47.4 Å². The van der Waals surface area contributed by atoms with Gasteiger partial charge in [-0.05, 0) is 39.3 Å². The van der Waals surface area contributed by atoms with E-state index in [0.717, 1.165) is 21.9 Å². The van der Waals surface area contributed by atoms with Gasteiger partial charge in [0.05, 0.1) is 16.6 Å². The lowest BCUT2D eigenvalue weighted by molar-refractivity contribution is -0.173. The van der Waals surface area contributed by atoms with Gasteiger partial charge in [0.2, 0.25) is 6.79 Å². The van der Waals surface area contributed by atoms with E-state index in [0.29, 0.717) is 11.3 Å². The van der Waals surface area contributed by atoms with Crippen LogP contribution >= 0.6 is 34.4 Å². The topological polar surface area (TPSA) is 175 Å². The second-order valence-electron chi connectivity index (χ2n) is 9.80. The number of hydrogen-bond acceptors (Lipinski definition) is 14. The quantitative estimate of drug-likeness (QED) is 0.138. The van der Waals surface area contributed by atoms with Crippen molar-refractivity contribution < 1.29 is 33.5 Å². The summed E-state index contributed by atoms with van der Waals surface area (Å²) in [5.41, 5.74) is 8.03. The van der Waals surface area contributed by atoms with Crippen LogP contribution in [-0.2, 0) is 33.5 Å². The van der Waals surface area contributed by atoms with Gasteiger partial charge in [0.1, 0.15) is 29.9 Å². The van der Waals surface area contributed by atoms with E-state index in [-0.39, 0.29) is 22.2 Å². The largest absolute Gasteiger partial charge is 0.427 e. The fourth-order valence-electron chi connectivity index (χ4n) is 3.73. The van der Waals surface area contributed by atoms with Crippen molar-refractivity contribution in [1.82, 2.24) is 20.2 Å². The molecule has 2 amide bonds. The summed E-state index contributed by atoms with van der Waals surface area (Å²) in [5.74, 6) is -2.26. The standard InChI is InChI=1S/C25H28N6O7S3/c1-12-15(41-10-27-12)7-6-13-8-39-21-17(29-19(32)16(30-36-5)14-9-40-24(26)28-14)20(33)31(21)18(13)22(34)37-11-38-23(35)25(2,3)4/h6-7,9-10,17,21H,8,11H2,1-5H3,(H2,26,28)(H,29,32)/b7-6-,30-16-/t17?,21-/m0/s1. The highest BCUT2D eigenvalue weighted by Crippen LogP contribution is 2.41. The van der Waals surface area contributed by atoms with E-state index >= 15 is 0 Å². The average molecular weight is 621 g/mol. The summed E-state index contributed by atoms with van der Waals surface area (Å²) in [6.45, 7) is 6.27. The van der Waals surface area contributed by atoms with Gasteiger partial charge in [-0.25, -0.2) is 14.8 Å². The minimum atomic E-state index is -0.957. The van der Waals surface area contributed by atoms with Gasteiger partial charge >= 0.3 is 11.9 Å². The fourth-order valence-corrected chi connectivity index (χ4v) is 6.29. The predicted octanol–water partition coefficient (Wildman–Crippen LogP) is 2.30. The van der Waals surface area contributed by atoms with Gasteiger partial charge in [-0.15, -0.1) is 34.4 Å². The number of nitrogens with two attached hydrogens (primary N) is 1. The molecule has 13 nitrogen and oxygen atoms in total. The lowest BCUT2D eigenvalue weighted by Gasteiger charge is -2.49. The number of nitrogens with one attached hydrogen (secondary N) is 1. The Labute approximate surface area is 247 Å². The van der Waals surface area contributed by atoms with Crippen molar-refractivity contribution in [3.63, 3.8) is 0 Å². The SMILES string of the molecule is CO/N=C(\C(=O)NC1C(=O)N2C(C(=O)OCOC(=O)C(C)(C)C)=C(/C=C\c3scnc3C)CS[C@@H]12)c1csc(N)n1. The number of oxime groups is 1. The van der Waals surface area contributed by atoms with Crippen LogP contribution in [0.5, 0.6) is 0 Å². The number of carbonyl (C=O) groups excluding carboxylic acids is 4. The van der Waals surface area contributed by atoms with E-state index in [4.69, 9.17) is 20.0 Å². The third-order valence-corrected chi connectivity index (χ3v) is 8.72. The van der Waals surface area contributed by atoms with Crippen LogP contribution in [0.4, 0.5) is 5.13 Å². The molecule has 0 radical (unpaired) electrons. The maximum absolute atomic E-state index is 13.3. The number of β-lactam (4-membered cyclic amide) rings is 1. The molecule has 2 aromatic heterocycles. The van der Waals surface area contributed by atoms with E-state index in [1.807, 2.05) is 13.0 Å². The molecule has 2 aliphatic heterocycles. The van der Waals surface area contributed by atoms with Crippen molar-refractivity contribution >= 4 is 75.1 Å². The zero-order valence-corrected chi connectivity index (χ0v) is 25.3. The highest BCUT2D eigenvalue weighted by molar-refractivity contribution is 8.00. The van der Waals surface area contributed by atoms with Crippen LogP contribution in [0.25, 0.3) is 6.08 Å². The number of rotatable bonds is 9. The Bertz CT molecular complexity index is 1460. The lowest BCUT2D eigenvalue weighted by atomic mass is 9.98. The van der Waals surface area contributed by atoms with Crippen molar-refractivity contribution in [3.8, 4) is 0 Å². The first-order chi connectivity index (χ1) is 19.4. The number of carbonyl (C=O) groups is 4. The van der Waals surface area contributed by atoms with Gasteiger partial charge in [0.15, 0.2) is 10.8 Å². The van der Waals surface area contributed by atoms with E-state index in [1.54, 1.807) is 37.7 Å². The first kappa shape index (κ1) is 30.2. The second kappa shape index (κ2) is 12.4. The predicted molar refractivity (Wildman–Crippen MR) is 155 cm³/mol. The van der Waals surface area contributed by atoms with Crippen molar-refractivity contribution in [3.05, 3.63) is 44.5 Å². The number of thioether (sulfide) groups is 1. The van der Waals surface area contributed by atoms with Crippen molar-refractivity contribution in [2.75, 3.05) is 25.4 Å². The number of nitrogens with zero attached hydrogens (tertiary/aromatic N) is 4. The van der Waals surface area contributed by atoms with E-state index in [1.165, 1.54) is 35.1 Å². The van der Waals surface area contributed by atoms with Crippen LogP contribution in [0.2, 0.25) is 0 Å². The number of hydrogen-bond donors (Lipinski definition) is 2. The molecule has 218 valence electrons. The number of esters is 2. The molecule has 0 aliphatic carbocycles. The maximum atomic E-state index is 13.3. The molecule has 0 bridgehead atoms. The summed E-state index contributed by atoms with van der Waals surface area (Å²) in [4.78, 5) is 67.0. The zero-order chi connectivity index (χ0) is 29.9. The first-order valence-electron chi connectivity index (χ1n) is 12.2. The van der Waals surface area contributed by atoms with E-state index in [9.17, 15) is 19.2 Å². The number of aryl methyl sites for hydroxylation is 1. The van der Waals surface area contributed by atoms with Crippen LogP contribution < -0.4 is 11.1 Å². The van der Waals surface area contributed by atoms with Gasteiger partial charge in [-0.3, -0.25) is 19.3 Å². The van der Waals surface area contributed by atoms with Crippen LogP contribution in [0.3, 0.4) is 0 Å². The molecule has 2 atom stereocenters. The third-order valence-electron chi connectivity index (χ3n) is 5.85. The summed E-state index contributed by atoms with van der Waals surface area (Å²) < 4.78 is 10.3. The van der Waals surface area contributed by atoms with Crippen molar-refractivity contribution in [2.24, 2.45) is 10.6 Å². The molecule has 4 rings (SSSR count). The van der Waals surface area contributed by atoms with Gasteiger partial charge in [0, 0.05) is 16.0 Å². The van der Waals surface area contributed by atoms with Crippen molar-refractivity contribution in [2.45, 2.75) is 39.1 Å². The number of fused-ring (bicyclic) bond motifs is 1. The third kappa shape index (κ3) is 6.60. The van der Waals surface area contributed by atoms with Gasteiger partial charge in [-0.1, -0.05) is 11.2 Å². The Hall–Kier alpha value is -3.76. The normalized spacial score (nSPS) is 19.1. The Kier molecular flexibility index (Phi) is 9.14. The fraction of sp³-hybridized carbons (Fsp3) is 0.400. The molecule has 1 fully saturated rings. The number of amides is 2. The molecule has 1 unspecified atom stereocenters. The number of aromatic nitrogens is 2. The maximum Gasteiger partial charge on any atom is 0.358 e. The molecule has 2 aliphatic rings. The molecule has 0 saturated carbocycles. The minimum Gasteiger partial charge on any atom is -0.427 e. The second-order valence-corrected chi connectivity index (χ2v) is 12.7. The monoisotopic (exact) mass is 620 g/mol. The van der Waals surface area contributed by atoms with Gasteiger partial charge < -0.3 is 25.4 Å². The Balaban J connectivity index is 1.55. The van der Waals surface area contributed by atoms with Crippen molar-refractivity contribution in [1.29, 1.82) is 0 Å². The highest BCUT2D eigenvalue weighted by Gasteiger charge is 2.54. The number of ether oxygens (including phenoxy) is 2. The molecule has 16 heteroatoms. The Morgan fingerprint density at radius 2 is 2.00 bits per heavy atom. The number of thiazole rings is 2. The molecule has 3 N–H and O–H groups in total. The lowest BCUT2D eigenvalue weighted by Crippen LogP contribution is -2.71. The molecule has 2 aromatic rings. The molecule has 1 saturated heterocycles. The number of nitrogen functional groups attached to an aromatic ring is 1. The van der Waals surface area contributed by atoms with Gasteiger partial charge in [-0.2, -0.15) is 0 Å². The average Bonchev–Trinajstić information content (AvgIpc) is 3.54. The highest BCUT2D eigenvalue weighted by atomic mass is 32.2. The summed E-state index contributed by atoms with van der Waals surface area (Å²) in [6.07, 6.45) is 3.55. The molecular formula is C25H28N6O7S3. The summed E-state index contributed by atoms with van der Waals surface area (Å²) in [6, 6.07) is -0.957. The molecular weight excluding hydrogens is 593 g/mol. The van der Waals surface area contributed by atoms with E-state index in [2.05, 4.69) is 20.4 Å². The smallest absolute Gasteiger partial charge is 0.358 e. The summed E-state index contributed by atoms with van der Waals surface area (Å²) in [5, 5.41) is 7.59. The van der Waals surface area contributed by atoms with Crippen LogP contribution in [-0.4, -0.2) is 75.4 Å². The van der Waals surface area contributed by atoms with Crippen LogP contribution in [0.1, 0.15) is 37.0 Å². The first-order valence-corrected chi connectivity index (χ1v) is 15.0. The molecule has 4 heterocycles. The Morgan fingerprint density at radius 3 is 2.61 bits per heavy atom. The van der Waals surface area contributed by atoms with Gasteiger partial charge in [0.25, 0.3) is 11.8 Å². The molecule has 0 spiro atoms.